The molecule has 62 heavy (non-hydrogen) atoms. The van der Waals surface area contributed by atoms with Crippen LogP contribution in [0.2, 0.25) is 5.02 Å². The molecule has 3 amide bonds. The number of piperidine rings is 3. The predicted molar refractivity (Wildman–Crippen MR) is 223 cm³/mol. The number of rotatable bonds is 13. The molecule has 1 atom stereocenters. The summed E-state index contributed by atoms with van der Waals surface area (Å²) in [5.41, 5.74) is 4.35. The molecule has 0 saturated carbocycles. The maximum atomic E-state index is 14.2. The summed E-state index contributed by atoms with van der Waals surface area (Å²) in [5, 5.41) is 4.17. The maximum Gasteiger partial charge on any atom is 0.418 e. The van der Waals surface area contributed by atoms with Crippen molar-refractivity contribution >= 4 is 41.2 Å². The van der Waals surface area contributed by atoms with Crippen molar-refractivity contribution in [3.8, 4) is 11.4 Å². The number of hydrogen-bond acceptors (Lipinski definition) is 10. The number of anilines is 1. The Hall–Kier alpha value is -5.10. The zero-order valence-electron chi connectivity index (χ0n) is 34.6. The minimum Gasteiger partial charge on any atom is -0.464 e. The van der Waals surface area contributed by atoms with E-state index in [0.29, 0.717) is 69.6 Å². The first-order valence-electron chi connectivity index (χ1n) is 21.5. The lowest BCUT2D eigenvalue weighted by atomic mass is 9.78. The number of nitrogens with two attached hydrogens (primary N) is 1. The van der Waals surface area contributed by atoms with Crippen molar-refractivity contribution in [3.63, 3.8) is 0 Å². The SMILES string of the molecule is Nc1c(Cl)cc(C[C@@H](OC(=O)N2CCC(n3nc(-c4ccccc4)[nH]c3=O)CC2)C(=O)N2CCC(C3CCN(CCC(=O)OCCN4CCCC4=O)CC3)CC2)cc1C(F)(F)F. The van der Waals surface area contributed by atoms with Crippen molar-refractivity contribution in [2.75, 3.05) is 71.2 Å². The summed E-state index contributed by atoms with van der Waals surface area (Å²) in [5.74, 6) is 0.555. The third kappa shape index (κ3) is 11.1. The van der Waals surface area contributed by atoms with Crippen molar-refractivity contribution in [2.24, 2.45) is 11.8 Å². The van der Waals surface area contributed by atoms with Gasteiger partial charge in [0.1, 0.15) is 6.61 Å². The minimum atomic E-state index is -4.80. The van der Waals surface area contributed by atoms with Crippen LogP contribution in [0.25, 0.3) is 11.4 Å². The van der Waals surface area contributed by atoms with Crippen molar-refractivity contribution in [1.29, 1.82) is 0 Å². The van der Waals surface area contributed by atoms with Gasteiger partial charge in [0.25, 0.3) is 5.91 Å². The normalized spacial score (nSPS) is 19.2. The second-order valence-electron chi connectivity index (χ2n) is 16.7. The van der Waals surface area contributed by atoms with Crippen LogP contribution in [-0.4, -0.2) is 130 Å². The van der Waals surface area contributed by atoms with Gasteiger partial charge >= 0.3 is 23.9 Å². The largest absolute Gasteiger partial charge is 0.464 e. The van der Waals surface area contributed by atoms with Crippen LogP contribution in [0, 0.1) is 11.8 Å². The van der Waals surface area contributed by atoms with Gasteiger partial charge in [0, 0.05) is 57.7 Å². The van der Waals surface area contributed by atoms with Crippen LogP contribution in [0.3, 0.4) is 0 Å². The van der Waals surface area contributed by atoms with Crippen LogP contribution in [-0.2, 0) is 36.5 Å². The van der Waals surface area contributed by atoms with Gasteiger partial charge in [0.05, 0.1) is 35.3 Å². The topological polar surface area (TPSA) is 176 Å². The summed E-state index contributed by atoms with van der Waals surface area (Å²) >= 11 is 6.15. The van der Waals surface area contributed by atoms with Gasteiger partial charge in [-0.1, -0.05) is 41.9 Å². The number of halogens is 4. The molecule has 5 heterocycles. The Labute approximate surface area is 362 Å². The molecular formula is C43H54ClF3N8O7. The second kappa shape index (κ2) is 19.9. The first kappa shape index (κ1) is 44.9. The molecule has 4 aliphatic rings. The van der Waals surface area contributed by atoms with E-state index in [1.807, 2.05) is 30.3 Å². The zero-order chi connectivity index (χ0) is 44.0. The fourth-order valence-electron chi connectivity index (χ4n) is 9.19. The Morgan fingerprint density at radius 2 is 1.55 bits per heavy atom. The molecule has 1 aromatic heterocycles. The van der Waals surface area contributed by atoms with E-state index < -0.39 is 35.5 Å². The van der Waals surface area contributed by atoms with E-state index in [4.69, 9.17) is 26.8 Å². The van der Waals surface area contributed by atoms with Crippen LogP contribution in [0.4, 0.5) is 23.7 Å². The highest BCUT2D eigenvalue weighted by atomic mass is 35.5. The van der Waals surface area contributed by atoms with Gasteiger partial charge in [0.2, 0.25) is 5.91 Å². The monoisotopic (exact) mass is 886 g/mol. The first-order valence-corrected chi connectivity index (χ1v) is 21.9. The highest BCUT2D eigenvalue weighted by Gasteiger charge is 2.38. The van der Waals surface area contributed by atoms with Gasteiger partial charge < -0.3 is 34.8 Å². The number of carbonyl (C=O) groups is 4. The number of alkyl halides is 3. The predicted octanol–water partition coefficient (Wildman–Crippen LogP) is 5.38. The van der Waals surface area contributed by atoms with Crippen LogP contribution in [0.15, 0.2) is 47.3 Å². The Morgan fingerprint density at radius 3 is 2.19 bits per heavy atom. The van der Waals surface area contributed by atoms with E-state index in [9.17, 15) is 37.1 Å². The van der Waals surface area contributed by atoms with E-state index in [1.54, 1.807) is 9.80 Å². The standard InChI is InChI=1S/C43H54ClF3N8O7/c44-34-26-28(25-33(38(34)48)43(45,46)47)27-35(62-42(60)54-21-12-32(13-22-54)55-41(59)49-39(50-55)31-5-2-1-3-6-31)40(58)53-19-10-30(11-20-53)29-8-16-51(17-9-29)18-14-37(57)61-24-23-52-15-4-7-36(52)56/h1-3,5-6,25-26,29-30,32,35H,4,7-24,27,48H2,(H,49,50,59)/t35-/m1/s1. The number of nitrogen functional groups attached to an aromatic ring is 1. The number of carbonyl (C=O) groups excluding carboxylic acids is 4. The molecule has 19 heteroatoms. The Bertz CT molecular complexity index is 2110. The van der Waals surface area contributed by atoms with Crippen molar-refractivity contribution in [2.45, 2.75) is 82.5 Å². The van der Waals surface area contributed by atoms with E-state index in [0.717, 1.165) is 56.8 Å². The quantitative estimate of drug-likeness (QED) is 0.167. The van der Waals surface area contributed by atoms with Gasteiger partial charge in [-0.2, -0.15) is 13.2 Å². The lowest BCUT2D eigenvalue weighted by molar-refractivity contribution is -0.146. The summed E-state index contributed by atoms with van der Waals surface area (Å²) < 4.78 is 54.4. The number of aromatic nitrogens is 3. The third-order valence-electron chi connectivity index (χ3n) is 12.8. The molecule has 4 saturated heterocycles. The number of ether oxygens (including phenoxy) is 2. The summed E-state index contributed by atoms with van der Waals surface area (Å²) in [7, 11) is 0. The Morgan fingerprint density at radius 1 is 0.887 bits per heavy atom. The summed E-state index contributed by atoms with van der Waals surface area (Å²) in [6.07, 6.45) is -1.58. The maximum absolute atomic E-state index is 14.2. The molecule has 3 N–H and O–H groups in total. The van der Waals surface area contributed by atoms with Crippen LogP contribution in [0.1, 0.15) is 75.0 Å². The lowest BCUT2D eigenvalue weighted by Crippen LogP contribution is -2.49. The number of H-pyrrole nitrogens is 1. The molecule has 3 aromatic rings. The van der Waals surface area contributed by atoms with E-state index in [-0.39, 0.29) is 66.7 Å². The molecule has 0 aliphatic carbocycles. The van der Waals surface area contributed by atoms with Crippen LogP contribution in [0.5, 0.6) is 0 Å². The Balaban J connectivity index is 0.924. The molecule has 0 spiro atoms. The molecule has 7 rings (SSSR count). The number of benzene rings is 2. The van der Waals surface area contributed by atoms with Gasteiger partial charge in [-0.3, -0.25) is 19.4 Å². The number of nitrogens with zero attached hydrogens (tertiary/aromatic N) is 6. The molecule has 0 unspecified atom stereocenters. The zero-order valence-corrected chi connectivity index (χ0v) is 35.4. The fraction of sp³-hybridized carbons (Fsp3) is 0.581. The molecule has 4 fully saturated rings. The van der Waals surface area contributed by atoms with Crippen molar-refractivity contribution < 1.29 is 41.8 Å². The van der Waals surface area contributed by atoms with Crippen molar-refractivity contribution in [3.05, 3.63) is 69.1 Å². The number of hydrogen-bond donors (Lipinski definition) is 2. The summed E-state index contributed by atoms with van der Waals surface area (Å²) in [4.78, 5) is 74.6. The summed E-state index contributed by atoms with van der Waals surface area (Å²) in [6.45, 7) is 4.83. The van der Waals surface area contributed by atoms with E-state index >= 15 is 0 Å². The van der Waals surface area contributed by atoms with Crippen LogP contribution < -0.4 is 11.4 Å². The number of nitrogens with one attached hydrogen (secondary N) is 1. The number of esters is 1. The van der Waals surface area contributed by atoms with Crippen molar-refractivity contribution in [1.82, 2.24) is 34.4 Å². The molecule has 15 nitrogen and oxygen atoms in total. The minimum absolute atomic E-state index is 0.0435. The highest BCUT2D eigenvalue weighted by molar-refractivity contribution is 6.33. The summed E-state index contributed by atoms with van der Waals surface area (Å²) in [6, 6.07) is 11.0. The van der Waals surface area contributed by atoms with Crippen LogP contribution >= 0.6 is 11.6 Å². The van der Waals surface area contributed by atoms with Gasteiger partial charge in [-0.25, -0.2) is 14.3 Å². The number of amides is 3. The third-order valence-corrected chi connectivity index (χ3v) is 13.1. The number of likely N-dealkylation sites (tertiary alicyclic amines) is 4. The molecular weight excluding hydrogens is 833 g/mol. The molecule has 0 bridgehead atoms. The van der Waals surface area contributed by atoms with Gasteiger partial charge in [-0.15, -0.1) is 5.10 Å². The average molecular weight is 887 g/mol. The fourth-order valence-corrected chi connectivity index (χ4v) is 9.44. The molecule has 0 radical (unpaired) electrons. The van der Waals surface area contributed by atoms with Gasteiger partial charge in [0.15, 0.2) is 11.9 Å². The van der Waals surface area contributed by atoms with E-state index in [2.05, 4.69) is 15.0 Å². The lowest BCUT2D eigenvalue weighted by Gasteiger charge is -2.41. The molecule has 336 valence electrons. The van der Waals surface area contributed by atoms with Gasteiger partial charge in [-0.05, 0) is 87.6 Å². The second-order valence-corrected chi connectivity index (χ2v) is 17.1. The number of aromatic amines is 1. The molecule has 4 aliphatic heterocycles. The van der Waals surface area contributed by atoms with E-state index in [1.165, 1.54) is 15.6 Å². The highest BCUT2D eigenvalue weighted by Crippen LogP contribution is 2.39. The molecule has 2 aromatic carbocycles. The average Bonchev–Trinajstić information content (AvgIpc) is 3.87. The Kier molecular flexibility index (Phi) is 14.5. The smallest absolute Gasteiger partial charge is 0.418 e. The first-order chi connectivity index (χ1) is 29.7.